The Kier molecular flexibility index (Phi) is 6.24. The summed E-state index contributed by atoms with van der Waals surface area (Å²) >= 11 is 0. The van der Waals surface area contributed by atoms with Crippen LogP contribution in [0.1, 0.15) is 50.0 Å². The molecule has 20 heavy (non-hydrogen) atoms. The average Bonchev–Trinajstić information content (AvgIpc) is 3.00. The highest BCUT2D eigenvalue weighted by Crippen LogP contribution is 2.19. The van der Waals surface area contributed by atoms with E-state index in [0.29, 0.717) is 6.04 Å². The molecule has 1 atom stereocenters. The van der Waals surface area contributed by atoms with Crippen molar-refractivity contribution >= 4 is 0 Å². The van der Waals surface area contributed by atoms with Crippen LogP contribution < -0.4 is 5.32 Å². The van der Waals surface area contributed by atoms with Gasteiger partial charge in [0.15, 0.2) is 0 Å². The van der Waals surface area contributed by atoms with Crippen molar-refractivity contribution in [2.75, 3.05) is 6.54 Å². The molecule has 0 saturated carbocycles. The molecule has 2 N–H and O–H groups in total. The van der Waals surface area contributed by atoms with Crippen molar-refractivity contribution in [3.05, 3.63) is 48.0 Å². The zero-order chi connectivity index (χ0) is 14.0. The molecule has 1 heterocycles. The molecule has 1 aromatic heterocycles. The van der Waals surface area contributed by atoms with E-state index in [1.165, 1.54) is 31.2 Å². The van der Waals surface area contributed by atoms with E-state index >= 15 is 0 Å². The Labute approximate surface area is 121 Å². The molecule has 0 saturated heterocycles. The van der Waals surface area contributed by atoms with Crippen LogP contribution in [0.15, 0.2) is 36.7 Å². The molecule has 4 heteroatoms. The van der Waals surface area contributed by atoms with Gasteiger partial charge >= 0.3 is 0 Å². The van der Waals surface area contributed by atoms with Crippen molar-refractivity contribution in [3.63, 3.8) is 0 Å². The van der Waals surface area contributed by atoms with Crippen LogP contribution >= 0.6 is 0 Å². The normalized spacial score (nSPS) is 12.4. The minimum absolute atomic E-state index is 0.436. The first-order valence-electron chi connectivity index (χ1n) is 7.52. The number of nitrogens with zero attached hydrogens (tertiary/aromatic N) is 2. The van der Waals surface area contributed by atoms with Crippen LogP contribution in [0.25, 0.3) is 0 Å². The summed E-state index contributed by atoms with van der Waals surface area (Å²) in [6.45, 7) is 3.16. The maximum atomic E-state index is 4.15. The van der Waals surface area contributed by atoms with Crippen molar-refractivity contribution in [2.45, 2.75) is 45.1 Å². The van der Waals surface area contributed by atoms with Crippen molar-refractivity contribution < 1.29 is 0 Å². The Bertz CT molecular complexity index is 453. The molecule has 2 aromatic rings. The first-order valence-corrected chi connectivity index (χ1v) is 7.52. The quantitative estimate of drug-likeness (QED) is 0.689. The summed E-state index contributed by atoms with van der Waals surface area (Å²) in [6, 6.07) is 11.1. The number of nitrogens with one attached hydrogen (secondary N) is 2. The molecule has 0 aliphatic heterocycles. The molecular weight excluding hydrogens is 248 g/mol. The third-order valence-electron chi connectivity index (χ3n) is 3.52. The molecule has 2 rings (SSSR count). The Hall–Kier alpha value is -1.68. The van der Waals surface area contributed by atoms with Crippen LogP contribution in [0.2, 0.25) is 0 Å². The van der Waals surface area contributed by atoms with Gasteiger partial charge in [0, 0.05) is 19.0 Å². The van der Waals surface area contributed by atoms with Gasteiger partial charge in [-0.05, 0) is 12.0 Å². The van der Waals surface area contributed by atoms with Crippen LogP contribution in [0, 0.1) is 0 Å². The van der Waals surface area contributed by atoms with Gasteiger partial charge in [0.25, 0.3) is 0 Å². The predicted molar refractivity (Wildman–Crippen MR) is 81.4 cm³/mol. The molecule has 0 aliphatic rings. The average molecular weight is 272 g/mol. The molecule has 1 unspecified atom stereocenters. The minimum atomic E-state index is 0.436. The number of benzene rings is 1. The first kappa shape index (κ1) is 14.7. The Morgan fingerprint density at radius 1 is 1.20 bits per heavy atom. The lowest BCUT2D eigenvalue weighted by atomic mass is 10.0. The lowest BCUT2D eigenvalue weighted by molar-refractivity contribution is 0.475. The van der Waals surface area contributed by atoms with Crippen molar-refractivity contribution in [3.8, 4) is 0 Å². The molecular formula is C16H24N4. The number of hydrogen-bond acceptors (Lipinski definition) is 3. The predicted octanol–water partition coefficient (Wildman–Crippen LogP) is 3.26. The van der Waals surface area contributed by atoms with E-state index in [-0.39, 0.29) is 0 Å². The van der Waals surface area contributed by atoms with E-state index in [1.807, 2.05) is 0 Å². The lowest BCUT2D eigenvalue weighted by Gasteiger charge is -2.19. The van der Waals surface area contributed by atoms with Gasteiger partial charge in [0.1, 0.15) is 12.2 Å². The third-order valence-corrected chi connectivity index (χ3v) is 3.52. The second-order valence-electron chi connectivity index (χ2n) is 5.10. The Balaban J connectivity index is 1.85. The highest BCUT2D eigenvalue weighted by atomic mass is 15.2. The number of rotatable bonds is 9. The van der Waals surface area contributed by atoms with Crippen LogP contribution in [-0.2, 0) is 6.42 Å². The molecule has 0 bridgehead atoms. The number of hydrogen-bond donors (Lipinski definition) is 2. The highest BCUT2D eigenvalue weighted by Gasteiger charge is 2.10. The monoisotopic (exact) mass is 272 g/mol. The van der Waals surface area contributed by atoms with Crippen LogP contribution in [0.3, 0.4) is 0 Å². The Morgan fingerprint density at radius 2 is 2.05 bits per heavy atom. The zero-order valence-corrected chi connectivity index (χ0v) is 12.2. The molecule has 0 radical (unpaired) electrons. The fraction of sp³-hybridized carbons (Fsp3) is 0.500. The van der Waals surface area contributed by atoms with Gasteiger partial charge in [-0.15, -0.1) is 0 Å². The van der Waals surface area contributed by atoms with Gasteiger partial charge in [-0.1, -0.05) is 56.5 Å². The topological polar surface area (TPSA) is 53.6 Å². The van der Waals surface area contributed by atoms with Crippen LogP contribution in [0.5, 0.6) is 0 Å². The van der Waals surface area contributed by atoms with Crippen LogP contribution in [0.4, 0.5) is 0 Å². The fourth-order valence-corrected chi connectivity index (χ4v) is 2.39. The van der Waals surface area contributed by atoms with E-state index in [9.17, 15) is 0 Å². The summed E-state index contributed by atoms with van der Waals surface area (Å²) in [5, 5.41) is 10.4. The van der Waals surface area contributed by atoms with E-state index < -0.39 is 0 Å². The van der Waals surface area contributed by atoms with E-state index in [0.717, 1.165) is 18.8 Å². The van der Waals surface area contributed by atoms with Gasteiger partial charge < -0.3 is 5.32 Å². The van der Waals surface area contributed by atoms with E-state index in [1.54, 1.807) is 6.33 Å². The second-order valence-corrected chi connectivity index (χ2v) is 5.10. The minimum Gasteiger partial charge on any atom is -0.309 e. The summed E-state index contributed by atoms with van der Waals surface area (Å²) in [4.78, 5) is 4.15. The zero-order valence-electron chi connectivity index (χ0n) is 12.2. The van der Waals surface area contributed by atoms with Gasteiger partial charge in [-0.2, -0.15) is 5.10 Å². The van der Waals surface area contributed by atoms with Gasteiger partial charge in [-0.3, -0.25) is 5.10 Å². The Morgan fingerprint density at radius 3 is 2.75 bits per heavy atom. The third kappa shape index (κ3) is 4.78. The lowest BCUT2D eigenvalue weighted by Crippen LogP contribution is -2.24. The molecule has 4 nitrogen and oxygen atoms in total. The second kappa shape index (κ2) is 8.48. The van der Waals surface area contributed by atoms with E-state index in [2.05, 4.69) is 57.8 Å². The highest BCUT2D eigenvalue weighted by molar-refractivity contribution is 5.18. The van der Waals surface area contributed by atoms with Crippen molar-refractivity contribution in [1.82, 2.24) is 20.5 Å². The molecule has 0 amide bonds. The van der Waals surface area contributed by atoms with Crippen LogP contribution in [-0.4, -0.2) is 21.7 Å². The summed E-state index contributed by atoms with van der Waals surface area (Å²) in [5.74, 6) is 0.942. The number of aromatic amines is 1. The number of H-pyrrole nitrogens is 1. The summed E-state index contributed by atoms with van der Waals surface area (Å²) in [5.41, 5.74) is 1.38. The summed E-state index contributed by atoms with van der Waals surface area (Å²) in [7, 11) is 0. The number of aromatic nitrogens is 3. The van der Waals surface area contributed by atoms with Gasteiger partial charge in [0.2, 0.25) is 0 Å². The number of unbranched alkanes of at least 4 members (excludes halogenated alkanes) is 2. The van der Waals surface area contributed by atoms with Crippen molar-refractivity contribution in [2.24, 2.45) is 0 Å². The van der Waals surface area contributed by atoms with Gasteiger partial charge in [0.05, 0.1) is 0 Å². The molecule has 0 aliphatic carbocycles. The molecule has 108 valence electrons. The van der Waals surface area contributed by atoms with Gasteiger partial charge in [-0.25, -0.2) is 4.98 Å². The molecule has 0 fully saturated rings. The standard InChI is InChI=1S/C16H24N4/c1-2-3-5-10-15(14-8-6-4-7-9-14)17-12-11-16-18-13-19-20-16/h4,6-9,13,15,17H,2-3,5,10-12H2,1H3,(H,18,19,20). The fourth-order valence-electron chi connectivity index (χ4n) is 2.39. The first-order chi connectivity index (χ1) is 9.90. The largest absolute Gasteiger partial charge is 0.309 e. The molecule has 0 spiro atoms. The summed E-state index contributed by atoms with van der Waals surface area (Å²) < 4.78 is 0. The van der Waals surface area contributed by atoms with E-state index in [4.69, 9.17) is 0 Å². The maximum Gasteiger partial charge on any atom is 0.137 e. The smallest absolute Gasteiger partial charge is 0.137 e. The van der Waals surface area contributed by atoms with Crippen molar-refractivity contribution in [1.29, 1.82) is 0 Å². The molecule has 1 aromatic carbocycles. The SMILES string of the molecule is CCCCCC(NCCc1ncn[nH]1)c1ccccc1. The maximum absolute atomic E-state index is 4.15. The summed E-state index contributed by atoms with van der Waals surface area (Å²) in [6.07, 6.45) is 7.47.